The zero-order valence-corrected chi connectivity index (χ0v) is 15.5. The molecule has 1 aliphatic carbocycles. The summed E-state index contributed by atoms with van der Waals surface area (Å²) in [5.74, 6) is 0. The molecule has 140 valence electrons. The first-order valence-electron chi connectivity index (χ1n) is 8.84. The smallest absolute Gasteiger partial charge is 0.243 e. The van der Waals surface area contributed by atoms with Crippen LogP contribution >= 0.6 is 0 Å². The molecule has 8 heteroatoms. The van der Waals surface area contributed by atoms with Gasteiger partial charge in [-0.1, -0.05) is 17.7 Å². The number of aliphatic hydroxyl groups excluding tert-OH is 1. The highest BCUT2D eigenvalue weighted by molar-refractivity contribution is 7.89. The molecule has 2 heterocycles. The molecule has 2 atom stereocenters. The lowest BCUT2D eigenvalue weighted by atomic mass is 10.1. The zero-order valence-electron chi connectivity index (χ0n) is 14.7. The number of hydrogen-bond acceptors (Lipinski definition) is 5. The third-order valence-corrected chi connectivity index (χ3v) is 6.76. The molecule has 1 saturated carbocycles. The Morgan fingerprint density at radius 1 is 1.23 bits per heavy atom. The van der Waals surface area contributed by atoms with Gasteiger partial charge in [-0.3, -0.25) is 4.68 Å². The molecule has 0 radical (unpaired) electrons. The molecule has 4 rings (SSSR count). The molecule has 1 aliphatic heterocycles. The summed E-state index contributed by atoms with van der Waals surface area (Å²) in [7, 11) is -3.64. The Hall–Kier alpha value is -1.74. The summed E-state index contributed by atoms with van der Waals surface area (Å²) >= 11 is 0. The monoisotopic (exact) mass is 377 g/mol. The van der Waals surface area contributed by atoms with Crippen molar-refractivity contribution in [3.05, 3.63) is 47.8 Å². The van der Waals surface area contributed by atoms with Crippen molar-refractivity contribution in [3.63, 3.8) is 0 Å². The number of sulfonamides is 1. The molecule has 1 aromatic carbocycles. The van der Waals surface area contributed by atoms with E-state index in [1.807, 2.05) is 17.8 Å². The molecule has 1 N–H and O–H groups in total. The number of benzene rings is 1. The first-order valence-corrected chi connectivity index (χ1v) is 10.3. The Morgan fingerprint density at radius 3 is 2.62 bits per heavy atom. The average Bonchev–Trinajstić information content (AvgIpc) is 3.38. The highest BCUT2D eigenvalue weighted by Crippen LogP contribution is 2.36. The Balaban J connectivity index is 1.59. The number of morpholine rings is 1. The largest absolute Gasteiger partial charge is 0.394 e. The molecule has 26 heavy (non-hydrogen) atoms. The van der Waals surface area contributed by atoms with E-state index in [4.69, 9.17) is 4.74 Å². The topological polar surface area (TPSA) is 84.7 Å². The Bertz CT molecular complexity index is 874. The molecule has 0 bridgehead atoms. The molecule has 2 fully saturated rings. The summed E-state index contributed by atoms with van der Waals surface area (Å²) in [4.78, 5) is 0.258. The Morgan fingerprint density at radius 2 is 1.96 bits per heavy atom. The SMILES string of the molecule is Cc1ccc(S(=O)(=O)N2CC(CO)OC(c3cnn(C4CC4)c3)C2)cc1. The fraction of sp³-hybridized carbons (Fsp3) is 0.500. The molecule has 2 aliphatic rings. The number of hydrogen-bond donors (Lipinski definition) is 1. The number of aromatic nitrogens is 2. The Kier molecular flexibility index (Phi) is 4.60. The minimum atomic E-state index is -3.64. The van der Waals surface area contributed by atoms with E-state index in [2.05, 4.69) is 5.10 Å². The van der Waals surface area contributed by atoms with Crippen LogP contribution in [-0.4, -0.2) is 53.4 Å². The number of ether oxygens (including phenoxy) is 1. The molecule has 7 nitrogen and oxygen atoms in total. The molecular formula is C18H23N3O4S. The minimum absolute atomic E-state index is 0.139. The van der Waals surface area contributed by atoms with E-state index < -0.39 is 22.2 Å². The second-order valence-electron chi connectivity index (χ2n) is 7.05. The van der Waals surface area contributed by atoms with Crippen molar-refractivity contribution in [2.24, 2.45) is 0 Å². The van der Waals surface area contributed by atoms with Crippen LogP contribution in [0.2, 0.25) is 0 Å². The van der Waals surface area contributed by atoms with Crippen LogP contribution in [0.1, 0.15) is 36.1 Å². The molecule has 2 aromatic rings. The van der Waals surface area contributed by atoms with Crippen molar-refractivity contribution in [1.29, 1.82) is 0 Å². The van der Waals surface area contributed by atoms with Crippen molar-refractivity contribution in [2.75, 3.05) is 19.7 Å². The predicted octanol–water partition coefficient (Wildman–Crippen LogP) is 1.65. The van der Waals surface area contributed by atoms with Crippen LogP contribution in [0.4, 0.5) is 0 Å². The van der Waals surface area contributed by atoms with Gasteiger partial charge in [-0.15, -0.1) is 0 Å². The fourth-order valence-electron chi connectivity index (χ4n) is 3.20. The third-order valence-electron chi connectivity index (χ3n) is 4.91. The van der Waals surface area contributed by atoms with E-state index in [0.29, 0.717) is 6.04 Å². The lowest BCUT2D eigenvalue weighted by Gasteiger charge is -2.36. The van der Waals surface area contributed by atoms with Crippen LogP contribution in [0.5, 0.6) is 0 Å². The van der Waals surface area contributed by atoms with Gasteiger partial charge in [0, 0.05) is 24.8 Å². The number of rotatable bonds is 5. The van der Waals surface area contributed by atoms with Gasteiger partial charge in [0.15, 0.2) is 0 Å². The number of aliphatic hydroxyl groups is 1. The van der Waals surface area contributed by atoms with Gasteiger partial charge >= 0.3 is 0 Å². The Labute approximate surface area is 153 Å². The summed E-state index contributed by atoms with van der Waals surface area (Å²) in [5.41, 5.74) is 1.85. The van der Waals surface area contributed by atoms with Crippen LogP contribution in [-0.2, 0) is 14.8 Å². The molecule has 1 saturated heterocycles. The molecule has 2 unspecified atom stereocenters. The van der Waals surface area contributed by atoms with Gasteiger partial charge in [0.2, 0.25) is 10.0 Å². The van der Waals surface area contributed by atoms with E-state index in [1.54, 1.807) is 30.5 Å². The fourth-order valence-corrected chi connectivity index (χ4v) is 4.68. The predicted molar refractivity (Wildman–Crippen MR) is 95.1 cm³/mol. The van der Waals surface area contributed by atoms with E-state index in [-0.39, 0.29) is 24.6 Å². The molecular weight excluding hydrogens is 354 g/mol. The maximum Gasteiger partial charge on any atom is 0.243 e. The molecule has 1 aromatic heterocycles. The van der Waals surface area contributed by atoms with Gasteiger partial charge in [0.1, 0.15) is 0 Å². The van der Waals surface area contributed by atoms with E-state index in [9.17, 15) is 13.5 Å². The van der Waals surface area contributed by atoms with Gasteiger partial charge in [-0.2, -0.15) is 9.40 Å². The summed E-state index contributed by atoms with van der Waals surface area (Å²) in [6.07, 6.45) is 4.92. The quantitative estimate of drug-likeness (QED) is 0.856. The van der Waals surface area contributed by atoms with E-state index in [0.717, 1.165) is 24.0 Å². The van der Waals surface area contributed by atoms with E-state index in [1.165, 1.54) is 4.31 Å². The van der Waals surface area contributed by atoms with Gasteiger partial charge in [-0.05, 0) is 31.9 Å². The minimum Gasteiger partial charge on any atom is -0.394 e. The highest BCUT2D eigenvalue weighted by atomic mass is 32.2. The summed E-state index contributed by atoms with van der Waals surface area (Å²) in [6.45, 7) is 2.04. The molecule has 0 amide bonds. The maximum atomic E-state index is 13.0. The summed E-state index contributed by atoms with van der Waals surface area (Å²) < 4.78 is 35.3. The normalized spacial score (nSPS) is 24.7. The summed E-state index contributed by atoms with van der Waals surface area (Å²) in [5, 5.41) is 13.9. The first-order chi connectivity index (χ1) is 12.5. The third kappa shape index (κ3) is 3.42. The van der Waals surface area contributed by atoms with Crippen LogP contribution < -0.4 is 0 Å². The van der Waals surface area contributed by atoms with Crippen molar-refractivity contribution in [3.8, 4) is 0 Å². The zero-order chi connectivity index (χ0) is 18.3. The lowest BCUT2D eigenvalue weighted by Crippen LogP contribution is -2.48. The van der Waals surface area contributed by atoms with Gasteiger partial charge in [0.25, 0.3) is 0 Å². The first kappa shape index (κ1) is 17.7. The van der Waals surface area contributed by atoms with Gasteiger partial charge in [-0.25, -0.2) is 8.42 Å². The van der Waals surface area contributed by atoms with Crippen LogP contribution in [0, 0.1) is 6.92 Å². The van der Waals surface area contributed by atoms with Crippen molar-refractivity contribution >= 4 is 10.0 Å². The lowest BCUT2D eigenvalue weighted by molar-refractivity contribution is -0.0851. The second kappa shape index (κ2) is 6.77. The number of nitrogens with zero attached hydrogens (tertiary/aromatic N) is 3. The second-order valence-corrected chi connectivity index (χ2v) is 8.99. The van der Waals surface area contributed by atoms with E-state index >= 15 is 0 Å². The van der Waals surface area contributed by atoms with Crippen LogP contribution in [0.3, 0.4) is 0 Å². The van der Waals surface area contributed by atoms with Crippen molar-refractivity contribution in [1.82, 2.24) is 14.1 Å². The number of aryl methyl sites for hydroxylation is 1. The molecule has 0 spiro atoms. The van der Waals surface area contributed by atoms with Gasteiger partial charge in [0.05, 0.1) is 35.9 Å². The summed E-state index contributed by atoms with van der Waals surface area (Å²) in [6, 6.07) is 7.26. The van der Waals surface area contributed by atoms with Crippen LogP contribution in [0.25, 0.3) is 0 Å². The van der Waals surface area contributed by atoms with Crippen molar-refractivity contribution < 1.29 is 18.3 Å². The highest BCUT2D eigenvalue weighted by Gasteiger charge is 2.37. The van der Waals surface area contributed by atoms with Crippen LogP contribution in [0.15, 0.2) is 41.6 Å². The average molecular weight is 377 g/mol. The van der Waals surface area contributed by atoms with Crippen molar-refractivity contribution in [2.45, 2.75) is 42.9 Å². The maximum absolute atomic E-state index is 13.0. The standard InChI is InChI=1S/C18H23N3O4S/c1-13-2-6-17(7-3-13)26(23,24)20-10-16(12-22)25-18(11-20)14-8-19-21(9-14)15-4-5-15/h2-3,6-9,15-16,18,22H,4-5,10-12H2,1H3. The van der Waals surface area contributed by atoms with Gasteiger partial charge < -0.3 is 9.84 Å².